The standard InChI is InChI=1S/C7H15N3O6S/c1-4(11)5(6(12)13)10-7(14)9-2-3-17(8,15)16/h4-5,11H,2-3H2,1H3,(H,12,13)(H2,8,15,16)(H2,9,10,14)/t4-,5+/m1/s1. The highest BCUT2D eigenvalue weighted by Gasteiger charge is 2.24. The van der Waals surface area contributed by atoms with Gasteiger partial charge in [-0.15, -0.1) is 0 Å². The van der Waals surface area contributed by atoms with Crippen LogP contribution in [-0.4, -0.2) is 55.1 Å². The Hall–Kier alpha value is -1.39. The Balaban J connectivity index is 4.13. The smallest absolute Gasteiger partial charge is 0.328 e. The number of rotatable bonds is 6. The van der Waals surface area contributed by atoms with E-state index >= 15 is 0 Å². The molecule has 0 saturated heterocycles. The van der Waals surface area contributed by atoms with E-state index < -0.39 is 39.9 Å². The third-order valence-electron chi connectivity index (χ3n) is 1.71. The lowest BCUT2D eigenvalue weighted by molar-refractivity contribution is -0.141. The van der Waals surface area contributed by atoms with Crippen molar-refractivity contribution in [2.75, 3.05) is 12.3 Å². The molecule has 0 heterocycles. The molecule has 0 radical (unpaired) electrons. The SMILES string of the molecule is C[C@@H](O)[C@H](NC(=O)NCCS(N)(=O)=O)C(=O)O. The minimum Gasteiger partial charge on any atom is -0.480 e. The molecule has 0 bridgehead atoms. The van der Waals surface area contributed by atoms with Gasteiger partial charge in [-0.05, 0) is 6.92 Å². The highest BCUT2D eigenvalue weighted by atomic mass is 32.2. The molecule has 0 unspecified atom stereocenters. The summed E-state index contributed by atoms with van der Waals surface area (Å²) in [5, 5.41) is 26.4. The summed E-state index contributed by atoms with van der Waals surface area (Å²) < 4.78 is 21.0. The van der Waals surface area contributed by atoms with Crippen LogP contribution in [0.25, 0.3) is 0 Å². The van der Waals surface area contributed by atoms with Crippen molar-refractivity contribution in [3.05, 3.63) is 0 Å². The number of sulfonamides is 1. The second-order valence-electron chi connectivity index (χ2n) is 3.32. The van der Waals surface area contributed by atoms with Crippen LogP contribution in [0.5, 0.6) is 0 Å². The molecule has 0 aliphatic carbocycles. The molecule has 0 aliphatic heterocycles. The molecule has 0 rings (SSSR count). The number of hydrogen-bond donors (Lipinski definition) is 5. The lowest BCUT2D eigenvalue weighted by Crippen LogP contribution is -2.51. The summed E-state index contributed by atoms with van der Waals surface area (Å²) in [6.07, 6.45) is -1.28. The number of carbonyl (C=O) groups is 2. The molecule has 0 aromatic carbocycles. The molecule has 0 aliphatic rings. The Morgan fingerprint density at radius 3 is 2.29 bits per heavy atom. The van der Waals surface area contributed by atoms with Crippen LogP contribution in [0.2, 0.25) is 0 Å². The fraction of sp³-hybridized carbons (Fsp3) is 0.714. The zero-order chi connectivity index (χ0) is 13.6. The predicted molar refractivity (Wildman–Crippen MR) is 57.6 cm³/mol. The number of aliphatic carboxylic acids is 1. The normalized spacial score (nSPS) is 14.8. The van der Waals surface area contributed by atoms with E-state index in [2.05, 4.69) is 10.5 Å². The zero-order valence-electron chi connectivity index (χ0n) is 9.08. The Bertz CT molecular complexity index is 379. The molecule has 9 nitrogen and oxygen atoms in total. The number of nitrogens with two attached hydrogens (primary N) is 1. The third kappa shape index (κ3) is 7.49. The van der Waals surface area contributed by atoms with Crippen LogP contribution in [0.4, 0.5) is 4.79 Å². The van der Waals surface area contributed by atoms with Crippen molar-refractivity contribution in [3.8, 4) is 0 Å². The van der Waals surface area contributed by atoms with Crippen LogP contribution in [0, 0.1) is 0 Å². The van der Waals surface area contributed by atoms with Crippen LogP contribution in [0.3, 0.4) is 0 Å². The summed E-state index contributed by atoms with van der Waals surface area (Å²) in [5.74, 6) is -1.87. The molecule has 0 fully saturated rings. The van der Waals surface area contributed by atoms with Gasteiger partial charge in [0.2, 0.25) is 10.0 Å². The molecule has 10 heteroatoms. The van der Waals surface area contributed by atoms with Crippen LogP contribution in [0.1, 0.15) is 6.92 Å². The van der Waals surface area contributed by atoms with Gasteiger partial charge < -0.3 is 20.8 Å². The number of nitrogens with one attached hydrogen (secondary N) is 2. The summed E-state index contributed by atoms with van der Waals surface area (Å²) in [4.78, 5) is 21.7. The number of hydrogen-bond acceptors (Lipinski definition) is 5. The van der Waals surface area contributed by atoms with Gasteiger partial charge in [0.05, 0.1) is 11.9 Å². The van der Waals surface area contributed by atoms with E-state index in [1.165, 1.54) is 6.92 Å². The predicted octanol–water partition coefficient (Wildman–Crippen LogP) is -2.59. The Kier molecular flexibility index (Phi) is 5.85. The number of carboxylic acids is 1. The minimum atomic E-state index is -3.69. The van der Waals surface area contributed by atoms with Crippen molar-refractivity contribution in [1.29, 1.82) is 0 Å². The van der Waals surface area contributed by atoms with Crippen molar-refractivity contribution < 1.29 is 28.2 Å². The van der Waals surface area contributed by atoms with Crippen molar-refractivity contribution in [2.45, 2.75) is 19.1 Å². The molecule has 0 spiro atoms. The van der Waals surface area contributed by atoms with Crippen LogP contribution in [0.15, 0.2) is 0 Å². The van der Waals surface area contributed by atoms with E-state index in [1.54, 1.807) is 0 Å². The lowest BCUT2D eigenvalue weighted by atomic mass is 10.2. The summed E-state index contributed by atoms with van der Waals surface area (Å²) >= 11 is 0. The molecule has 0 aromatic rings. The number of primary sulfonamides is 1. The average molecular weight is 269 g/mol. The first-order valence-corrected chi connectivity index (χ1v) is 6.30. The third-order valence-corrected chi connectivity index (χ3v) is 2.48. The van der Waals surface area contributed by atoms with Gasteiger partial charge in [0.1, 0.15) is 0 Å². The van der Waals surface area contributed by atoms with Gasteiger partial charge >= 0.3 is 12.0 Å². The molecule has 2 atom stereocenters. The zero-order valence-corrected chi connectivity index (χ0v) is 9.90. The molecule has 6 N–H and O–H groups in total. The number of aliphatic hydroxyl groups excluding tert-OH is 1. The molecular formula is C7H15N3O6S. The van der Waals surface area contributed by atoms with Crippen molar-refractivity contribution in [1.82, 2.24) is 10.6 Å². The van der Waals surface area contributed by atoms with Crippen LogP contribution in [-0.2, 0) is 14.8 Å². The first kappa shape index (κ1) is 15.6. The maximum absolute atomic E-state index is 11.1. The van der Waals surface area contributed by atoms with E-state index in [9.17, 15) is 18.0 Å². The van der Waals surface area contributed by atoms with E-state index in [-0.39, 0.29) is 6.54 Å². The van der Waals surface area contributed by atoms with Crippen molar-refractivity contribution in [2.24, 2.45) is 5.14 Å². The number of amides is 2. The Morgan fingerprint density at radius 2 is 1.94 bits per heavy atom. The maximum atomic E-state index is 11.1. The highest BCUT2D eigenvalue weighted by Crippen LogP contribution is 1.92. The fourth-order valence-corrected chi connectivity index (χ4v) is 1.27. The quantitative estimate of drug-likeness (QED) is 0.356. The van der Waals surface area contributed by atoms with E-state index in [0.29, 0.717) is 0 Å². The first-order chi connectivity index (χ1) is 7.63. The van der Waals surface area contributed by atoms with Gasteiger partial charge in [-0.25, -0.2) is 23.1 Å². The fourth-order valence-electron chi connectivity index (χ4n) is 0.888. The molecule has 0 aromatic heterocycles. The summed E-state index contributed by atoms with van der Waals surface area (Å²) in [6.45, 7) is 0.945. The summed E-state index contributed by atoms with van der Waals surface area (Å²) in [5.41, 5.74) is 0. The largest absolute Gasteiger partial charge is 0.480 e. The van der Waals surface area contributed by atoms with Gasteiger partial charge in [-0.2, -0.15) is 0 Å². The van der Waals surface area contributed by atoms with Crippen molar-refractivity contribution in [3.63, 3.8) is 0 Å². The highest BCUT2D eigenvalue weighted by molar-refractivity contribution is 7.89. The van der Waals surface area contributed by atoms with Gasteiger partial charge in [-0.3, -0.25) is 0 Å². The monoisotopic (exact) mass is 269 g/mol. The van der Waals surface area contributed by atoms with Gasteiger partial charge in [0, 0.05) is 6.54 Å². The second-order valence-corrected chi connectivity index (χ2v) is 5.06. The average Bonchev–Trinajstić information content (AvgIpc) is 2.10. The van der Waals surface area contributed by atoms with Gasteiger partial charge in [-0.1, -0.05) is 0 Å². The van der Waals surface area contributed by atoms with E-state index in [0.717, 1.165) is 0 Å². The molecule has 17 heavy (non-hydrogen) atoms. The first-order valence-electron chi connectivity index (χ1n) is 4.59. The van der Waals surface area contributed by atoms with Crippen LogP contribution >= 0.6 is 0 Å². The van der Waals surface area contributed by atoms with Crippen molar-refractivity contribution >= 4 is 22.0 Å². The van der Waals surface area contributed by atoms with Crippen LogP contribution < -0.4 is 15.8 Å². The Morgan fingerprint density at radius 1 is 1.41 bits per heavy atom. The molecule has 100 valence electrons. The second kappa shape index (κ2) is 6.37. The maximum Gasteiger partial charge on any atom is 0.328 e. The topological polar surface area (TPSA) is 159 Å². The molecule has 2 amide bonds. The number of aliphatic hydroxyl groups is 1. The van der Waals surface area contributed by atoms with E-state index in [1.807, 2.05) is 5.32 Å². The molecular weight excluding hydrogens is 254 g/mol. The summed E-state index contributed by atoms with van der Waals surface area (Å²) in [7, 11) is -3.69. The van der Waals surface area contributed by atoms with Gasteiger partial charge in [0.15, 0.2) is 6.04 Å². The van der Waals surface area contributed by atoms with E-state index in [4.69, 9.17) is 10.2 Å². The van der Waals surface area contributed by atoms with Gasteiger partial charge in [0.25, 0.3) is 0 Å². The number of urea groups is 1. The number of carbonyl (C=O) groups excluding carboxylic acids is 1. The Labute approximate surface area is 98.0 Å². The molecule has 0 saturated carbocycles. The summed E-state index contributed by atoms with van der Waals surface area (Å²) in [6, 6.07) is -2.37. The lowest BCUT2D eigenvalue weighted by Gasteiger charge is -2.17. The minimum absolute atomic E-state index is 0.253. The number of carboxylic acid groups (broad SMARTS) is 1.